The Morgan fingerprint density at radius 2 is 1.79 bits per heavy atom. The monoisotopic (exact) mass is 860 g/mol. The number of nitrogen functional groups attached to an aromatic ring is 1. The minimum Gasteiger partial charge on any atom is -0.493 e. The van der Waals surface area contributed by atoms with Gasteiger partial charge in [0.15, 0.2) is 17.3 Å². The summed E-state index contributed by atoms with van der Waals surface area (Å²) in [5, 5.41) is 9.15. The highest BCUT2D eigenvalue weighted by Crippen LogP contribution is 2.39. The number of carbonyl (C=O) groups is 2. The molecule has 0 spiro atoms. The zero-order chi connectivity index (χ0) is 41.6. The minimum absolute atomic E-state index is 0.00336. The number of ether oxygens (including phenoxy) is 3. The zero-order valence-electron chi connectivity index (χ0n) is 32.2. The molecule has 5 aromatic rings. The molecule has 7 rings (SSSR count). The van der Waals surface area contributed by atoms with E-state index < -0.39 is 34.5 Å². The number of aliphatic imine (C=N–C) groups is 1. The van der Waals surface area contributed by atoms with Crippen molar-refractivity contribution in [2.45, 2.75) is 32.9 Å². The van der Waals surface area contributed by atoms with E-state index in [1.165, 1.54) is 25.9 Å². The van der Waals surface area contributed by atoms with E-state index in [1.807, 2.05) is 17.9 Å². The van der Waals surface area contributed by atoms with E-state index >= 15 is 8.78 Å². The van der Waals surface area contributed by atoms with Crippen molar-refractivity contribution in [1.29, 1.82) is 0 Å². The molecule has 3 aromatic carbocycles. The number of benzene rings is 3. The molecule has 0 saturated carbocycles. The number of hydrogen-bond acceptors (Lipinski definition) is 12. The second kappa shape index (κ2) is 16.0. The molecule has 15 nitrogen and oxygen atoms in total. The molecule has 0 bridgehead atoms. The average molecular weight is 862 g/mol. The fourth-order valence-electron chi connectivity index (χ4n) is 7.45. The molecule has 4 heterocycles. The van der Waals surface area contributed by atoms with E-state index in [0.717, 1.165) is 22.3 Å². The minimum atomic E-state index is -1.48. The lowest BCUT2D eigenvalue weighted by atomic mass is 10.1. The molecule has 1 fully saturated rings. The largest absolute Gasteiger partial charge is 0.493 e. The number of hydrogen-bond donors (Lipinski definition) is 2. The number of fused-ring (bicyclic) bond motifs is 2. The molecule has 1 atom stereocenters. The summed E-state index contributed by atoms with van der Waals surface area (Å²) in [6.45, 7) is 4.56. The van der Waals surface area contributed by atoms with Crippen LogP contribution in [0, 0.1) is 11.6 Å². The van der Waals surface area contributed by atoms with Crippen LogP contribution < -0.4 is 35.2 Å². The van der Waals surface area contributed by atoms with E-state index in [2.05, 4.69) is 30.9 Å². The second-order valence-corrected chi connectivity index (χ2v) is 14.7. The van der Waals surface area contributed by atoms with Gasteiger partial charge >= 0.3 is 5.97 Å². The first-order chi connectivity index (χ1) is 27.8. The molecule has 302 valence electrons. The molecule has 18 heteroatoms. The van der Waals surface area contributed by atoms with Gasteiger partial charge in [0.25, 0.3) is 11.9 Å². The number of piperazine rings is 1. The van der Waals surface area contributed by atoms with Crippen LogP contribution >= 0.6 is 15.9 Å². The number of aromatic carboxylic acids is 1. The van der Waals surface area contributed by atoms with Gasteiger partial charge in [-0.05, 0) is 55.8 Å². The maximum absolute atomic E-state index is 16.2. The first kappa shape index (κ1) is 40.1. The van der Waals surface area contributed by atoms with Gasteiger partial charge in [-0.2, -0.15) is 4.98 Å². The number of halogens is 3. The van der Waals surface area contributed by atoms with Crippen LogP contribution in [0.25, 0.3) is 10.9 Å². The number of nitrogens with two attached hydrogens (primary N) is 1. The number of amides is 1. The fourth-order valence-corrected chi connectivity index (χ4v) is 7.81. The third-order valence-corrected chi connectivity index (χ3v) is 10.9. The predicted octanol–water partition coefficient (Wildman–Crippen LogP) is 5.38. The number of anilines is 3. The van der Waals surface area contributed by atoms with E-state index in [4.69, 9.17) is 19.9 Å². The molecule has 1 saturated heterocycles. The third kappa shape index (κ3) is 7.17. The van der Waals surface area contributed by atoms with Gasteiger partial charge < -0.3 is 34.5 Å². The van der Waals surface area contributed by atoms with Crippen LogP contribution in [-0.2, 0) is 17.8 Å². The number of methoxy groups -OCH3 is 3. The van der Waals surface area contributed by atoms with Crippen LogP contribution in [0.5, 0.6) is 17.2 Å². The Morgan fingerprint density at radius 3 is 2.41 bits per heavy atom. The lowest BCUT2D eigenvalue weighted by Gasteiger charge is -2.42. The molecule has 0 radical (unpaired) electrons. The predicted molar refractivity (Wildman–Crippen MR) is 217 cm³/mol. The standard InChI is InChI=1S/C40H39BrF2N8O7/c1-6-48-18-26(39(54)55)35(52)25-15-27(42)34(31(43)33(25)48)49-9-10-50(20(2)17-49)19-51-28-8-7-23(41)14-24(28)32(38(51)53)46-40-45-16-22(37(44)47-40)11-21-12-29(56-3)36(58-5)30(13-21)57-4/h7-8,12-16,18,20H,6,9-11,17,19H2,1-5H3,(H,54,55)(H2,44,45,47)/b46-32-. The van der Waals surface area contributed by atoms with Crippen LogP contribution in [0.4, 0.5) is 31.9 Å². The Labute approximate surface area is 339 Å². The van der Waals surface area contributed by atoms with Crippen molar-refractivity contribution in [3.8, 4) is 17.2 Å². The summed E-state index contributed by atoms with van der Waals surface area (Å²) in [5.41, 5.74) is 7.10. The number of carboxylic acid groups (broad SMARTS) is 1. The Balaban J connectivity index is 1.12. The zero-order valence-corrected chi connectivity index (χ0v) is 33.8. The van der Waals surface area contributed by atoms with Crippen molar-refractivity contribution in [1.82, 2.24) is 19.4 Å². The maximum Gasteiger partial charge on any atom is 0.341 e. The normalized spacial score (nSPS) is 16.3. The highest BCUT2D eigenvalue weighted by Gasteiger charge is 2.38. The van der Waals surface area contributed by atoms with Crippen molar-refractivity contribution in [3.63, 3.8) is 0 Å². The van der Waals surface area contributed by atoms with Gasteiger partial charge in [-0.1, -0.05) is 15.9 Å². The van der Waals surface area contributed by atoms with Gasteiger partial charge in [-0.15, -0.1) is 0 Å². The summed E-state index contributed by atoms with van der Waals surface area (Å²) in [5.74, 6) is -2.19. The molecule has 3 N–H and O–H groups in total. The SMILES string of the molecule is CCn1cc(C(=O)O)c(=O)c2cc(F)c(N3CCN(CN4C(=O)/C(=N\c5ncc(Cc6cc(OC)c(OC)c(OC)c6)c(N)n5)c5cc(Br)ccc54)C(C)C3)c(F)c21. The number of carbonyl (C=O) groups excluding carboxylic acids is 1. The Kier molecular flexibility index (Phi) is 11.1. The van der Waals surface area contributed by atoms with Crippen LogP contribution in [0.15, 0.2) is 63.1 Å². The van der Waals surface area contributed by atoms with Gasteiger partial charge in [-0.25, -0.2) is 23.6 Å². The molecule has 0 aliphatic carbocycles. The number of aromatic nitrogens is 3. The Hall–Kier alpha value is -6.14. The number of rotatable bonds is 11. The maximum atomic E-state index is 16.2. The van der Waals surface area contributed by atoms with Crippen molar-refractivity contribution < 1.29 is 37.7 Å². The molecule has 1 amide bonds. The fraction of sp³-hybridized carbons (Fsp3) is 0.300. The van der Waals surface area contributed by atoms with Gasteiger partial charge in [0, 0.05) is 66.6 Å². The molecular formula is C40H39BrF2N8O7. The third-order valence-electron chi connectivity index (χ3n) is 10.4. The summed E-state index contributed by atoms with van der Waals surface area (Å²) in [4.78, 5) is 57.3. The van der Waals surface area contributed by atoms with Crippen LogP contribution in [0.2, 0.25) is 0 Å². The lowest BCUT2D eigenvalue weighted by Crippen LogP contribution is -2.56. The van der Waals surface area contributed by atoms with E-state index in [0.29, 0.717) is 47.0 Å². The summed E-state index contributed by atoms with van der Waals surface area (Å²) in [6, 6.07) is 9.64. The van der Waals surface area contributed by atoms with Crippen molar-refractivity contribution in [3.05, 3.63) is 97.4 Å². The molecule has 2 aliphatic heterocycles. The van der Waals surface area contributed by atoms with Crippen molar-refractivity contribution >= 4 is 67.6 Å². The van der Waals surface area contributed by atoms with Crippen molar-refractivity contribution in [2.75, 3.05) is 63.2 Å². The average Bonchev–Trinajstić information content (AvgIpc) is 3.44. The molecule has 58 heavy (non-hydrogen) atoms. The van der Waals surface area contributed by atoms with Gasteiger partial charge in [0.05, 0.1) is 44.6 Å². The van der Waals surface area contributed by atoms with E-state index in [9.17, 15) is 19.5 Å². The highest BCUT2D eigenvalue weighted by molar-refractivity contribution is 9.10. The number of aryl methyl sites for hydroxylation is 1. The van der Waals surface area contributed by atoms with Crippen LogP contribution in [0.1, 0.15) is 40.9 Å². The van der Waals surface area contributed by atoms with Crippen molar-refractivity contribution in [2.24, 2.45) is 4.99 Å². The van der Waals surface area contributed by atoms with Gasteiger partial charge in [0.1, 0.15) is 28.6 Å². The van der Waals surface area contributed by atoms with Crippen LogP contribution in [-0.4, -0.2) is 95.8 Å². The summed E-state index contributed by atoms with van der Waals surface area (Å²) in [7, 11) is 4.59. The summed E-state index contributed by atoms with van der Waals surface area (Å²) < 4.78 is 50.3. The smallest absolute Gasteiger partial charge is 0.341 e. The number of carboxylic acids is 1. The highest BCUT2D eigenvalue weighted by atomic mass is 79.9. The molecule has 1 unspecified atom stereocenters. The van der Waals surface area contributed by atoms with Gasteiger partial charge in [-0.3, -0.25) is 19.4 Å². The van der Waals surface area contributed by atoms with Gasteiger partial charge in [0.2, 0.25) is 11.2 Å². The Bertz CT molecular complexity index is 2560. The first-order valence-corrected chi connectivity index (χ1v) is 19.0. The van der Waals surface area contributed by atoms with Crippen LogP contribution in [0.3, 0.4) is 0 Å². The van der Waals surface area contributed by atoms with E-state index in [-0.39, 0.29) is 66.4 Å². The topological polar surface area (TPSA) is 178 Å². The lowest BCUT2D eigenvalue weighted by molar-refractivity contribution is -0.112. The van der Waals surface area contributed by atoms with E-state index in [1.54, 1.807) is 47.2 Å². The second-order valence-electron chi connectivity index (χ2n) is 13.8. The summed E-state index contributed by atoms with van der Waals surface area (Å²) >= 11 is 3.50. The quantitative estimate of drug-likeness (QED) is 0.174. The first-order valence-electron chi connectivity index (χ1n) is 18.2. The molecular weight excluding hydrogens is 822 g/mol. The molecule has 2 aromatic heterocycles. The Morgan fingerprint density at radius 1 is 1.07 bits per heavy atom. The molecule has 2 aliphatic rings. The number of pyridine rings is 1. The summed E-state index contributed by atoms with van der Waals surface area (Å²) in [6.07, 6.45) is 2.98. The number of nitrogens with zero attached hydrogens (tertiary/aromatic N) is 7.